The fourth-order valence-electron chi connectivity index (χ4n) is 2.42. The van der Waals surface area contributed by atoms with Gasteiger partial charge >= 0.3 is 5.97 Å². The van der Waals surface area contributed by atoms with E-state index in [4.69, 9.17) is 0 Å². The topological polar surface area (TPSA) is 55.1 Å². The maximum atomic E-state index is 11.2. The number of nitrogens with zero attached hydrogens (tertiary/aromatic N) is 2. The van der Waals surface area contributed by atoms with Gasteiger partial charge in [-0.05, 0) is 38.5 Å². The Labute approximate surface area is 126 Å². The summed E-state index contributed by atoms with van der Waals surface area (Å²) in [6.07, 6.45) is 0. The summed E-state index contributed by atoms with van der Waals surface area (Å²) >= 11 is 3.45. The molecule has 0 aliphatic rings. The van der Waals surface area contributed by atoms with E-state index in [0.29, 0.717) is 6.54 Å². The fourth-order valence-corrected chi connectivity index (χ4v) is 2.87. The number of aromatic nitrogens is 2. The predicted molar refractivity (Wildman–Crippen MR) is 81.0 cm³/mol. The normalized spacial score (nSPS) is 12.4. The maximum Gasteiger partial charge on any atom is 0.310 e. The van der Waals surface area contributed by atoms with Crippen LogP contribution in [0.5, 0.6) is 0 Å². The first kappa shape index (κ1) is 14.8. The lowest BCUT2D eigenvalue weighted by molar-refractivity contribution is -0.138. The summed E-state index contributed by atoms with van der Waals surface area (Å²) in [5.41, 5.74) is 3.64. The molecule has 0 amide bonds. The molecule has 0 saturated heterocycles. The minimum absolute atomic E-state index is 0.536. The van der Waals surface area contributed by atoms with E-state index >= 15 is 0 Å². The number of halogens is 1. The van der Waals surface area contributed by atoms with E-state index < -0.39 is 11.9 Å². The van der Waals surface area contributed by atoms with Crippen LogP contribution in [0.25, 0.3) is 0 Å². The van der Waals surface area contributed by atoms with Crippen LogP contribution in [-0.4, -0.2) is 20.9 Å². The lowest BCUT2D eigenvalue weighted by Crippen LogP contribution is -2.10. The standard InChI is InChI=1S/C15H17BrN2O2/c1-9(15(19)20)14-10(2)17-18(11(14)3)8-12-5-4-6-13(16)7-12/h4-7,9H,8H2,1-3H3,(H,19,20). The van der Waals surface area contributed by atoms with Gasteiger partial charge < -0.3 is 5.11 Å². The summed E-state index contributed by atoms with van der Waals surface area (Å²) in [5, 5.41) is 13.7. The van der Waals surface area contributed by atoms with Crippen molar-refractivity contribution in [3.8, 4) is 0 Å². The molecule has 1 N–H and O–H groups in total. The van der Waals surface area contributed by atoms with Gasteiger partial charge in [-0.1, -0.05) is 28.1 Å². The maximum absolute atomic E-state index is 11.2. The third-order valence-electron chi connectivity index (χ3n) is 3.46. The molecule has 2 rings (SSSR count). The van der Waals surface area contributed by atoms with Crippen molar-refractivity contribution in [1.29, 1.82) is 0 Å². The van der Waals surface area contributed by atoms with E-state index in [9.17, 15) is 9.90 Å². The van der Waals surface area contributed by atoms with Crippen LogP contribution in [0.2, 0.25) is 0 Å². The highest BCUT2D eigenvalue weighted by Gasteiger charge is 2.22. The van der Waals surface area contributed by atoms with E-state index in [-0.39, 0.29) is 0 Å². The minimum atomic E-state index is -0.821. The largest absolute Gasteiger partial charge is 0.481 e. The molecular formula is C15H17BrN2O2. The number of carboxylic acid groups (broad SMARTS) is 1. The number of aliphatic carboxylic acids is 1. The first-order valence-electron chi connectivity index (χ1n) is 6.41. The van der Waals surface area contributed by atoms with E-state index in [0.717, 1.165) is 27.0 Å². The average Bonchev–Trinajstić information content (AvgIpc) is 2.63. The number of carboxylic acids is 1. The number of hydrogen-bond donors (Lipinski definition) is 1. The number of carbonyl (C=O) groups is 1. The Morgan fingerprint density at radius 2 is 2.15 bits per heavy atom. The highest BCUT2D eigenvalue weighted by molar-refractivity contribution is 9.10. The zero-order valence-corrected chi connectivity index (χ0v) is 13.3. The lowest BCUT2D eigenvalue weighted by Gasteiger charge is -2.08. The van der Waals surface area contributed by atoms with Crippen molar-refractivity contribution in [2.75, 3.05) is 0 Å². The van der Waals surface area contributed by atoms with E-state index in [1.165, 1.54) is 0 Å². The molecule has 0 saturated carbocycles. The molecule has 1 unspecified atom stereocenters. The Balaban J connectivity index is 2.35. The predicted octanol–water partition coefficient (Wildman–Crippen LogP) is 3.50. The van der Waals surface area contributed by atoms with E-state index in [2.05, 4.69) is 21.0 Å². The monoisotopic (exact) mass is 336 g/mol. The molecule has 0 radical (unpaired) electrons. The van der Waals surface area contributed by atoms with Gasteiger partial charge in [0, 0.05) is 15.7 Å². The molecular weight excluding hydrogens is 320 g/mol. The molecule has 0 fully saturated rings. The molecule has 106 valence electrons. The van der Waals surface area contributed by atoms with Gasteiger partial charge in [0.05, 0.1) is 18.2 Å². The van der Waals surface area contributed by atoms with Crippen LogP contribution in [-0.2, 0) is 11.3 Å². The van der Waals surface area contributed by atoms with Crippen molar-refractivity contribution >= 4 is 21.9 Å². The van der Waals surface area contributed by atoms with Crippen molar-refractivity contribution < 1.29 is 9.90 Å². The Bertz CT molecular complexity index is 649. The minimum Gasteiger partial charge on any atom is -0.481 e. The SMILES string of the molecule is Cc1nn(Cc2cccc(Br)c2)c(C)c1C(C)C(=O)O. The summed E-state index contributed by atoms with van der Waals surface area (Å²) in [6, 6.07) is 8.02. The van der Waals surface area contributed by atoms with Crippen molar-refractivity contribution in [3.63, 3.8) is 0 Å². The first-order chi connectivity index (χ1) is 9.40. The van der Waals surface area contributed by atoms with Gasteiger partial charge in [0.15, 0.2) is 0 Å². The van der Waals surface area contributed by atoms with Crippen LogP contribution < -0.4 is 0 Å². The van der Waals surface area contributed by atoms with Gasteiger partial charge in [-0.25, -0.2) is 0 Å². The van der Waals surface area contributed by atoms with Crippen LogP contribution in [0.15, 0.2) is 28.7 Å². The lowest BCUT2D eigenvalue weighted by atomic mass is 9.99. The molecule has 0 aliphatic heterocycles. The van der Waals surface area contributed by atoms with Gasteiger partial charge in [0.1, 0.15) is 0 Å². The van der Waals surface area contributed by atoms with Crippen LogP contribution >= 0.6 is 15.9 Å². The zero-order valence-electron chi connectivity index (χ0n) is 11.7. The van der Waals surface area contributed by atoms with Crippen molar-refractivity contribution in [2.45, 2.75) is 33.2 Å². The second-order valence-electron chi connectivity index (χ2n) is 4.93. The number of rotatable bonds is 4. The Kier molecular flexibility index (Phi) is 4.28. The van der Waals surface area contributed by atoms with Gasteiger partial charge in [0.25, 0.3) is 0 Å². The molecule has 4 nitrogen and oxygen atoms in total. The molecule has 0 spiro atoms. The third-order valence-corrected chi connectivity index (χ3v) is 3.96. The fraction of sp³-hybridized carbons (Fsp3) is 0.333. The van der Waals surface area contributed by atoms with Crippen LogP contribution in [0.3, 0.4) is 0 Å². The molecule has 5 heteroatoms. The molecule has 1 aromatic heterocycles. The summed E-state index contributed by atoms with van der Waals surface area (Å²) in [4.78, 5) is 11.2. The molecule has 20 heavy (non-hydrogen) atoms. The van der Waals surface area contributed by atoms with Gasteiger partial charge in [0.2, 0.25) is 0 Å². The van der Waals surface area contributed by atoms with Crippen LogP contribution in [0.1, 0.15) is 35.4 Å². The number of hydrogen-bond acceptors (Lipinski definition) is 2. The van der Waals surface area contributed by atoms with Gasteiger partial charge in [-0.2, -0.15) is 5.10 Å². The Morgan fingerprint density at radius 1 is 1.45 bits per heavy atom. The highest BCUT2D eigenvalue weighted by atomic mass is 79.9. The van der Waals surface area contributed by atoms with Crippen LogP contribution in [0, 0.1) is 13.8 Å². The van der Waals surface area contributed by atoms with Crippen molar-refractivity contribution in [1.82, 2.24) is 9.78 Å². The summed E-state index contributed by atoms with van der Waals surface area (Å²) in [6.45, 7) is 6.12. The number of benzene rings is 1. The highest BCUT2D eigenvalue weighted by Crippen LogP contribution is 2.24. The second-order valence-corrected chi connectivity index (χ2v) is 5.85. The van der Waals surface area contributed by atoms with E-state index in [1.54, 1.807) is 6.92 Å². The molecule has 1 aromatic carbocycles. The zero-order chi connectivity index (χ0) is 14.9. The van der Waals surface area contributed by atoms with Crippen molar-refractivity contribution in [3.05, 3.63) is 51.3 Å². The molecule has 1 heterocycles. The molecule has 0 bridgehead atoms. The van der Waals surface area contributed by atoms with Gasteiger partial charge in [-0.15, -0.1) is 0 Å². The average molecular weight is 337 g/mol. The molecule has 2 aromatic rings. The van der Waals surface area contributed by atoms with Gasteiger partial charge in [-0.3, -0.25) is 9.48 Å². The molecule has 0 aliphatic carbocycles. The summed E-state index contributed by atoms with van der Waals surface area (Å²) in [7, 11) is 0. The Morgan fingerprint density at radius 3 is 2.75 bits per heavy atom. The smallest absolute Gasteiger partial charge is 0.310 e. The summed E-state index contributed by atoms with van der Waals surface area (Å²) < 4.78 is 2.89. The Hall–Kier alpha value is -1.62. The third kappa shape index (κ3) is 2.93. The summed E-state index contributed by atoms with van der Waals surface area (Å²) in [5.74, 6) is -1.36. The second kappa shape index (κ2) is 5.79. The van der Waals surface area contributed by atoms with Crippen LogP contribution in [0.4, 0.5) is 0 Å². The van der Waals surface area contributed by atoms with E-state index in [1.807, 2.05) is 42.8 Å². The molecule has 1 atom stereocenters. The number of aryl methyl sites for hydroxylation is 1. The first-order valence-corrected chi connectivity index (χ1v) is 7.20. The quantitative estimate of drug-likeness (QED) is 0.929. The van der Waals surface area contributed by atoms with Crippen molar-refractivity contribution in [2.24, 2.45) is 0 Å².